The first-order valence-corrected chi connectivity index (χ1v) is 14.3. The van der Waals surface area contributed by atoms with Crippen molar-refractivity contribution in [3.8, 4) is 11.1 Å². The minimum atomic E-state index is -0.312. The summed E-state index contributed by atoms with van der Waals surface area (Å²) >= 11 is 12.7. The van der Waals surface area contributed by atoms with Crippen LogP contribution in [-0.2, 0) is 30.7 Å². The first kappa shape index (κ1) is 27.8. The Morgan fingerprint density at radius 2 is 1.35 bits per heavy atom. The topological polar surface area (TPSA) is 31.2 Å². The molecule has 0 aliphatic heterocycles. The van der Waals surface area contributed by atoms with Crippen molar-refractivity contribution in [3.63, 3.8) is 0 Å². The van der Waals surface area contributed by atoms with Crippen LogP contribution in [0.3, 0.4) is 0 Å². The van der Waals surface area contributed by atoms with Crippen LogP contribution < -0.4 is 0 Å². The summed E-state index contributed by atoms with van der Waals surface area (Å²) in [5, 5.41) is 1.03. The van der Waals surface area contributed by atoms with Crippen LogP contribution in [0.2, 0.25) is 10.0 Å². The zero-order valence-electron chi connectivity index (χ0n) is 22.4. The van der Waals surface area contributed by atoms with Gasteiger partial charge in [-0.2, -0.15) is 0 Å². The van der Waals surface area contributed by atoms with Crippen LogP contribution in [0.4, 0.5) is 0 Å². The molecule has 0 aliphatic carbocycles. The van der Waals surface area contributed by atoms with Crippen LogP contribution >= 0.6 is 23.2 Å². The fraction of sp³-hybridized carbons (Fsp3) is 0.171. The third kappa shape index (κ3) is 6.33. The van der Waals surface area contributed by atoms with Gasteiger partial charge in [-0.05, 0) is 40.8 Å². The van der Waals surface area contributed by atoms with Gasteiger partial charge in [0, 0.05) is 29.9 Å². The van der Waals surface area contributed by atoms with E-state index in [-0.39, 0.29) is 12.6 Å². The second kappa shape index (κ2) is 13.0. The van der Waals surface area contributed by atoms with Gasteiger partial charge in [-0.1, -0.05) is 134 Å². The number of halogens is 2. The number of carbonyl (C=O) groups excluding carboxylic acids is 1. The quantitative estimate of drug-likeness (QED) is 0.157. The predicted octanol–water partition coefficient (Wildman–Crippen LogP) is 9.41. The smallest absolute Gasteiger partial charge is 0.340 e. The van der Waals surface area contributed by atoms with E-state index in [0.29, 0.717) is 28.6 Å². The predicted molar refractivity (Wildman–Crippen MR) is 164 cm³/mol. The summed E-state index contributed by atoms with van der Waals surface area (Å²) in [5.74, 6) is -0.312. The van der Waals surface area contributed by atoms with E-state index in [0.717, 1.165) is 52.0 Å². The zero-order chi connectivity index (χ0) is 27.9. The maximum atomic E-state index is 14.0. The molecule has 4 aromatic carbocycles. The molecule has 1 heterocycles. The summed E-state index contributed by atoms with van der Waals surface area (Å²) < 4.78 is 8.28. The first-order chi connectivity index (χ1) is 19.5. The third-order valence-corrected chi connectivity index (χ3v) is 7.72. The number of hydrogen-bond donors (Lipinski definition) is 0. The van der Waals surface area contributed by atoms with Crippen LogP contribution in [0.15, 0.2) is 109 Å². The van der Waals surface area contributed by atoms with E-state index in [1.54, 1.807) is 0 Å². The molecule has 0 unspecified atom stereocenters. The number of carbonyl (C=O) groups is 1. The Labute approximate surface area is 246 Å². The van der Waals surface area contributed by atoms with Crippen LogP contribution in [-0.4, -0.2) is 10.5 Å². The van der Waals surface area contributed by atoms with Crippen molar-refractivity contribution in [1.29, 1.82) is 0 Å². The second-order valence-electron chi connectivity index (χ2n) is 9.82. The Hall–Kier alpha value is -3.79. The van der Waals surface area contributed by atoms with Crippen molar-refractivity contribution in [3.05, 3.63) is 153 Å². The Bertz CT molecular complexity index is 1580. The molecule has 40 heavy (non-hydrogen) atoms. The van der Waals surface area contributed by atoms with E-state index in [1.165, 1.54) is 0 Å². The molecule has 0 N–H and O–H groups in total. The Morgan fingerprint density at radius 1 is 0.725 bits per heavy atom. The molecule has 0 bridgehead atoms. The number of nitrogens with zero attached hydrogens (tertiary/aromatic N) is 1. The van der Waals surface area contributed by atoms with Gasteiger partial charge in [0.1, 0.15) is 6.61 Å². The van der Waals surface area contributed by atoms with Gasteiger partial charge in [0.15, 0.2) is 0 Å². The Balaban J connectivity index is 1.70. The largest absolute Gasteiger partial charge is 0.457 e. The fourth-order valence-corrected chi connectivity index (χ4v) is 5.45. The molecule has 0 aliphatic rings. The average molecular weight is 569 g/mol. The molecule has 1 aromatic heterocycles. The SMILES string of the molecule is CCCc1c(C(=O)OCc2ccccc2)c(-c2ccccc2)c(Cc2ccc(Cl)c(Cl)c2)n1Cc1ccccc1. The molecule has 0 spiro atoms. The van der Waals surface area contributed by atoms with Gasteiger partial charge >= 0.3 is 5.97 Å². The standard InChI is InChI=1S/C35H31Cl2NO2/c1-2-12-31-34(35(39)40-24-26-15-8-4-9-16-26)33(28-17-10-5-11-18-28)32(22-27-19-20-29(36)30(37)21-27)38(31)23-25-13-6-3-7-14-25/h3-11,13-21H,2,12,22-24H2,1H3. The highest BCUT2D eigenvalue weighted by Crippen LogP contribution is 2.37. The monoisotopic (exact) mass is 567 g/mol. The van der Waals surface area contributed by atoms with Crippen molar-refractivity contribution in [2.24, 2.45) is 0 Å². The number of hydrogen-bond acceptors (Lipinski definition) is 2. The minimum Gasteiger partial charge on any atom is -0.457 e. The van der Waals surface area contributed by atoms with Crippen molar-refractivity contribution < 1.29 is 9.53 Å². The molecule has 5 aromatic rings. The van der Waals surface area contributed by atoms with Crippen molar-refractivity contribution in [2.45, 2.75) is 39.3 Å². The molecule has 202 valence electrons. The molecule has 0 amide bonds. The number of rotatable bonds is 10. The molecule has 0 saturated heterocycles. The van der Waals surface area contributed by atoms with Crippen molar-refractivity contribution in [1.82, 2.24) is 4.57 Å². The lowest BCUT2D eigenvalue weighted by atomic mass is 9.96. The highest BCUT2D eigenvalue weighted by molar-refractivity contribution is 6.42. The maximum Gasteiger partial charge on any atom is 0.340 e. The van der Waals surface area contributed by atoms with Gasteiger partial charge in [0.25, 0.3) is 0 Å². The van der Waals surface area contributed by atoms with E-state index < -0.39 is 0 Å². The number of esters is 1. The summed E-state index contributed by atoms with van der Waals surface area (Å²) in [6, 6.07) is 36.0. The van der Waals surface area contributed by atoms with Gasteiger partial charge in [-0.15, -0.1) is 0 Å². The van der Waals surface area contributed by atoms with Crippen LogP contribution in [0.1, 0.15) is 51.8 Å². The van der Waals surface area contributed by atoms with Crippen LogP contribution in [0, 0.1) is 0 Å². The molecular formula is C35H31Cl2NO2. The van der Waals surface area contributed by atoms with Crippen molar-refractivity contribution >= 4 is 29.2 Å². The first-order valence-electron chi connectivity index (χ1n) is 13.5. The maximum absolute atomic E-state index is 14.0. The van der Waals surface area contributed by atoms with Crippen LogP contribution in [0.25, 0.3) is 11.1 Å². The van der Waals surface area contributed by atoms with E-state index >= 15 is 0 Å². The van der Waals surface area contributed by atoms with Crippen molar-refractivity contribution in [2.75, 3.05) is 0 Å². The molecular weight excluding hydrogens is 537 g/mol. The molecule has 5 heteroatoms. The molecule has 3 nitrogen and oxygen atoms in total. The van der Waals surface area contributed by atoms with E-state index in [4.69, 9.17) is 27.9 Å². The number of ether oxygens (including phenoxy) is 1. The average Bonchev–Trinajstić information content (AvgIpc) is 3.27. The number of aromatic nitrogens is 1. The van der Waals surface area contributed by atoms with E-state index in [1.807, 2.05) is 84.9 Å². The summed E-state index contributed by atoms with van der Waals surface area (Å²) in [5.41, 5.74) is 7.68. The molecule has 0 atom stereocenters. The summed E-state index contributed by atoms with van der Waals surface area (Å²) in [4.78, 5) is 14.0. The Kier molecular flexibility index (Phi) is 9.05. The fourth-order valence-electron chi connectivity index (χ4n) is 5.13. The number of benzene rings is 4. The van der Waals surface area contributed by atoms with Gasteiger partial charge < -0.3 is 9.30 Å². The highest BCUT2D eigenvalue weighted by Gasteiger charge is 2.29. The lowest BCUT2D eigenvalue weighted by Crippen LogP contribution is -2.12. The lowest BCUT2D eigenvalue weighted by molar-refractivity contribution is 0.0472. The van der Waals surface area contributed by atoms with E-state index in [9.17, 15) is 4.79 Å². The minimum absolute atomic E-state index is 0.214. The van der Waals surface area contributed by atoms with Gasteiger partial charge in [0.2, 0.25) is 0 Å². The van der Waals surface area contributed by atoms with Gasteiger partial charge in [-0.25, -0.2) is 4.79 Å². The molecule has 0 radical (unpaired) electrons. The Morgan fingerprint density at radius 3 is 1.98 bits per heavy atom. The normalized spacial score (nSPS) is 11.0. The summed E-state index contributed by atoms with van der Waals surface area (Å²) in [6.07, 6.45) is 2.21. The van der Waals surface area contributed by atoms with Crippen LogP contribution in [0.5, 0.6) is 0 Å². The molecule has 0 fully saturated rings. The second-order valence-corrected chi connectivity index (χ2v) is 10.6. The molecule has 0 saturated carbocycles. The molecule has 5 rings (SSSR count). The third-order valence-electron chi connectivity index (χ3n) is 6.98. The summed E-state index contributed by atoms with van der Waals surface area (Å²) in [7, 11) is 0. The van der Waals surface area contributed by atoms with E-state index in [2.05, 4.69) is 35.8 Å². The summed E-state index contributed by atoms with van der Waals surface area (Å²) in [6.45, 7) is 2.99. The van der Waals surface area contributed by atoms with Gasteiger partial charge in [0.05, 0.1) is 15.6 Å². The highest BCUT2D eigenvalue weighted by atomic mass is 35.5. The van der Waals surface area contributed by atoms with Gasteiger partial charge in [-0.3, -0.25) is 0 Å². The lowest BCUT2D eigenvalue weighted by Gasteiger charge is -2.15. The zero-order valence-corrected chi connectivity index (χ0v) is 24.0.